The Balaban J connectivity index is 2.24. The Bertz CT molecular complexity index is 931. The molecule has 9 heteroatoms. The second-order valence-corrected chi connectivity index (χ2v) is 7.33. The van der Waals surface area contributed by atoms with E-state index in [2.05, 4.69) is 5.32 Å². The summed E-state index contributed by atoms with van der Waals surface area (Å²) < 4.78 is 21.5. The highest BCUT2D eigenvalue weighted by Gasteiger charge is 2.13. The molecule has 2 aromatic carbocycles. The summed E-state index contributed by atoms with van der Waals surface area (Å²) in [5.74, 6) is 2.02. The number of aliphatic hydroxyl groups excluding tert-OH is 2. The zero-order valence-corrected chi connectivity index (χ0v) is 20.2. The molecule has 0 aliphatic heterocycles. The van der Waals surface area contributed by atoms with Crippen molar-refractivity contribution < 1.29 is 34.0 Å². The van der Waals surface area contributed by atoms with Gasteiger partial charge in [-0.15, -0.1) is 0 Å². The standard InChI is InChI=1S/C25H34N2O7/c1-31-20-8-7-19(6-5-18-15-22(32-2)25(34-4)23(16-18)33-3)21(17-20)26-24(30)9-10-27(11-13-28)12-14-29/h5-8,15-17,28-29H,9-14H2,1-4H3,(H,26,30)/b6-5-. The highest BCUT2D eigenvalue weighted by molar-refractivity contribution is 5.94. The van der Waals surface area contributed by atoms with Gasteiger partial charge in [-0.2, -0.15) is 0 Å². The minimum absolute atomic E-state index is 0.0343. The summed E-state index contributed by atoms with van der Waals surface area (Å²) in [5.41, 5.74) is 2.21. The Hall–Kier alpha value is -3.27. The van der Waals surface area contributed by atoms with E-state index >= 15 is 0 Å². The van der Waals surface area contributed by atoms with Crippen LogP contribution in [0.5, 0.6) is 23.0 Å². The number of ether oxygens (including phenoxy) is 4. The zero-order valence-electron chi connectivity index (χ0n) is 20.2. The largest absolute Gasteiger partial charge is 0.497 e. The molecule has 0 aliphatic carbocycles. The first kappa shape index (κ1) is 27.0. The smallest absolute Gasteiger partial charge is 0.225 e. The molecule has 0 bridgehead atoms. The van der Waals surface area contributed by atoms with Crippen molar-refractivity contribution in [1.82, 2.24) is 4.90 Å². The van der Waals surface area contributed by atoms with Crippen molar-refractivity contribution in [1.29, 1.82) is 0 Å². The van der Waals surface area contributed by atoms with Gasteiger partial charge < -0.3 is 34.5 Å². The van der Waals surface area contributed by atoms with Crippen LogP contribution in [0, 0.1) is 0 Å². The molecule has 0 aliphatic rings. The van der Waals surface area contributed by atoms with Gasteiger partial charge >= 0.3 is 0 Å². The molecule has 2 aromatic rings. The lowest BCUT2D eigenvalue weighted by Gasteiger charge is -2.19. The summed E-state index contributed by atoms with van der Waals surface area (Å²) in [6.07, 6.45) is 3.97. The van der Waals surface area contributed by atoms with Gasteiger partial charge in [0.25, 0.3) is 0 Å². The van der Waals surface area contributed by atoms with Crippen LogP contribution in [-0.2, 0) is 4.79 Å². The van der Waals surface area contributed by atoms with Gasteiger partial charge in [0.05, 0.1) is 47.3 Å². The van der Waals surface area contributed by atoms with Gasteiger partial charge in [0, 0.05) is 32.1 Å². The van der Waals surface area contributed by atoms with Crippen LogP contribution in [0.3, 0.4) is 0 Å². The fraction of sp³-hybridized carbons (Fsp3) is 0.400. The molecule has 1 amide bonds. The average molecular weight is 475 g/mol. The Morgan fingerprint density at radius 1 is 0.882 bits per heavy atom. The predicted molar refractivity (Wildman–Crippen MR) is 132 cm³/mol. The highest BCUT2D eigenvalue weighted by Crippen LogP contribution is 2.38. The maximum Gasteiger partial charge on any atom is 0.225 e. The average Bonchev–Trinajstić information content (AvgIpc) is 2.85. The molecular weight excluding hydrogens is 440 g/mol. The zero-order chi connectivity index (χ0) is 24.9. The van der Waals surface area contributed by atoms with Crippen molar-refractivity contribution in [2.24, 2.45) is 0 Å². The summed E-state index contributed by atoms with van der Waals surface area (Å²) in [5, 5.41) is 21.2. The molecule has 0 aromatic heterocycles. The van der Waals surface area contributed by atoms with Crippen LogP contribution in [0.2, 0.25) is 0 Å². The van der Waals surface area contributed by atoms with E-state index in [1.165, 1.54) is 0 Å². The highest BCUT2D eigenvalue weighted by atomic mass is 16.5. The van der Waals surface area contributed by atoms with E-state index in [0.29, 0.717) is 48.3 Å². The third-order valence-corrected chi connectivity index (χ3v) is 5.16. The van der Waals surface area contributed by atoms with E-state index in [1.807, 2.05) is 41.3 Å². The first-order valence-corrected chi connectivity index (χ1v) is 10.9. The number of nitrogens with zero attached hydrogens (tertiary/aromatic N) is 1. The van der Waals surface area contributed by atoms with E-state index in [4.69, 9.17) is 29.2 Å². The van der Waals surface area contributed by atoms with Crippen molar-refractivity contribution in [3.8, 4) is 23.0 Å². The molecule has 34 heavy (non-hydrogen) atoms. The first-order valence-electron chi connectivity index (χ1n) is 10.9. The Kier molecular flexibility index (Phi) is 11.2. The Morgan fingerprint density at radius 3 is 2.06 bits per heavy atom. The van der Waals surface area contributed by atoms with Crippen LogP contribution in [-0.4, -0.2) is 82.3 Å². The van der Waals surface area contributed by atoms with Crippen LogP contribution in [0.15, 0.2) is 30.3 Å². The number of benzene rings is 2. The van der Waals surface area contributed by atoms with E-state index in [1.54, 1.807) is 34.5 Å². The van der Waals surface area contributed by atoms with Gasteiger partial charge in [0.15, 0.2) is 11.5 Å². The van der Waals surface area contributed by atoms with Crippen LogP contribution in [0.1, 0.15) is 17.5 Å². The van der Waals surface area contributed by atoms with Crippen LogP contribution >= 0.6 is 0 Å². The lowest BCUT2D eigenvalue weighted by molar-refractivity contribution is -0.116. The van der Waals surface area contributed by atoms with E-state index in [-0.39, 0.29) is 25.5 Å². The van der Waals surface area contributed by atoms with E-state index in [9.17, 15) is 4.79 Å². The van der Waals surface area contributed by atoms with E-state index in [0.717, 1.165) is 11.1 Å². The predicted octanol–water partition coefficient (Wildman–Crippen LogP) is 2.51. The van der Waals surface area contributed by atoms with Crippen molar-refractivity contribution in [2.45, 2.75) is 6.42 Å². The molecule has 0 heterocycles. The molecule has 3 N–H and O–H groups in total. The molecule has 0 radical (unpaired) electrons. The monoisotopic (exact) mass is 474 g/mol. The number of hydrogen-bond donors (Lipinski definition) is 3. The molecule has 186 valence electrons. The quantitative estimate of drug-likeness (QED) is 0.359. The summed E-state index contributed by atoms with van der Waals surface area (Å²) in [6.45, 7) is 1.15. The number of aliphatic hydroxyl groups is 2. The summed E-state index contributed by atoms with van der Waals surface area (Å²) in [6, 6.07) is 9.08. The van der Waals surface area contributed by atoms with Crippen LogP contribution in [0.4, 0.5) is 5.69 Å². The number of rotatable bonds is 14. The fourth-order valence-corrected chi connectivity index (χ4v) is 3.39. The van der Waals surface area contributed by atoms with Gasteiger partial charge in [-0.25, -0.2) is 0 Å². The first-order chi connectivity index (χ1) is 16.5. The number of anilines is 1. The van der Waals surface area contributed by atoms with Crippen molar-refractivity contribution in [2.75, 3.05) is 66.6 Å². The SMILES string of the molecule is COc1ccc(/C=C\c2cc(OC)c(OC)c(OC)c2)c(NC(=O)CCN(CCO)CCO)c1. The normalized spacial score (nSPS) is 11.0. The fourth-order valence-electron chi connectivity index (χ4n) is 3.39. The van der Waals surface area contributed by atoms with Crippen LogP contribution in [0.25, 0.3) is 12.2 Å². The van der Waals surface area contributed by atoms with Crippen LogP contribution < -0.4 is 24.3 Å². The molecule has 0 saturated heterocycles. The third-order valence-electron chi connectivity index (χ3n) is 5.16. The molecule has 0 atom stereocenters. The summed E-state index contributed by atoms with van der Waals surface area (Å²) in [4.78, 5) is 14.4. The Morgan fingerprint density at radius 2 is 1.53 bits per heavy atom. The number of carbonyl (C=O) groups is 1. The maximum atomic E-state index is 12.6. The van der Waals surface area contributed by atoms with Crippen molar-refractivity contribution >= 4 is 23.7 Å². The number of nitrogens with one attached hydrogen (secondary N) is 1. The molecule has 0 fully saturated rings. The minimum Gasteiger partial charge on any atom is -0.497 e. The molecule has 0 spiro atoms. The van der Waals surface area contributed by atoms with Gasteiger partial charge in [-0.3, -0.25) is 9.69 Å². The third kappa shape index (κ3) is 7.65. The van der Waals surface area contributed by atoms with Crippen molar-refractivity contribution in [3.63, 3.8) is 0 Å². The number of carbonyl (C=O) groups excluding carboxylic acids is 1. The molecule has 0 unspecified atom stereocenters. The van der Waals surface area contributed by atoms with Gasteiger partial charge in [0.1, 0.15) is 5.75 Å². The van der Waals surface area contributed by atoms with Crippen molar-refractivity contribution in [3.05, 3.63) is 41.5 Å². The van der Waals surface area contributed by atoms with Gasteiger partial charge in [0.2, 0.25) is 11.7 Å². The molecule has 9 nitrogen and oxygen atoms in total. The second kappa shape index (κ2) is 14.1. The molecule has 0 saturated carbocycles. The number of amides is 1. The summed E-state index contributed by atoms with van der Waals surface area (Å²) in [7, 11) is 6.23. The number of methoxy groups -OCH3 is 4. The van der Waals surface area contributed by atoms with Gasteiger partial charge in [-0.1, -0.05) is 12.2 Å². The minimum atomic E-state index is -0.184. The molecular formula is C25H34N2O7. The maximum absolute atomic E-state index is 12.6. The molecule has 2 rings (SSSR count). The lowest BCUT2D eigenvalue weighted by Crippen LogP contribution is -2.32. The summed E-state index contributed by atoms with van der Waals surface area (Å²) >= 11 is 0. The number of hydrogen-bond acceptors (Lipinski definition) is 8. The van der Waals surface area contributed by atoms with Gasteiger partial charge in [-0.05, 0) is 35.4 Å². The lowest BCUT2D eigenvalue weighted by atomic mass is 10.1. The second-order valence-electron chi connectivity index (χ2n) is 7.33. The van der Waals surface area contributed by atoms with E-state index < -0.39 is 0 Å². The topological polar surface area (TPSA) is 110 Å². The Labute approximate surface area is 200 Å².